The van der Waals surface area contributed by atoms with Crippen molar-refractivity contribution in [1.82, 2.24) is 9.47 Å². The SMILES string of the molecule is Cc1cccc(Cn2cccc(C(=O)N3CCC4(CC3)OCCO4)c2=O)c1. The maximum atomic E-state index is 12.9. The summed E-state index contributed by atoms with van der Waals surface area (Å²) in [5, 5.41) is 0. The molecule has 0 N–H and O–H groups in total. The number of pyridine rings is 1. The minimum Gasteiger partial charge on any atom is -0.347 e. The summed E-state index contributed by atoms with van der Waals surface area (Å²) in [6, 6.07) is 11.4. The molecule has 2 saturated heterocycles. The summed E-state index contributed by atoms with van der Waals surface area (Å²) in [6.07, 6.45) is 3.01. The summed E-state index contributed by atoms with van der Waals surface area (Å²) in [5.74, 6) is -0.745. The van der Waals surface area contributed by atoms with E-state index in [1.54, 1.807) is 27.8 Å². The summed E-state index contributed by atoms with van der Waals surface area (Å²) in [6.45, 7) is 4.75. The standard InChI is InChI=1S/C21H24N2O4/c1-16-4-2-5-17(14-16)15-23-9-3-6-18(20(23)25)19(24)22-10-7-21(8-11-22)26-12-13-27-21/h2-6,9,14H,7-8,10-13,15H2,1H3. The van der Waals surface area contributed by atoms with Crippen LogP contribution in [0.25, 0.3) is 0 Å². The minimum atomic E-state index is -0.529. The maximum Gasteiger partial charge on any atom is 0.263 e. The zero-order chi connectivity index (χ0) is 18.9. The Hall–Kier alpha value is -2.44. The van der Waals surface area contributed by atoms with Crippen LogP contribution in [0, 0.1) is 6.92 Å². The lowest BCUT2D eigenvalue weighted by Gasteiger charge is -2.37. The molecular formula is C21H24N2O4. The number of hydrogen-bond acceptors (Lipinski definition) is 4. The van der Waals surface area contributed by atoms with Crippen LogP contribution in [-0.2, 0) is 16.0 Å². The average Bonchev–Trinajstić information content (AvgIpc) is 3.12. The second kappa shape index (κ2) is 7.29. The number of aromatic nitrogens is 1. The van der Waals surface area contributed by atoms with Crippen LogP contribution < -0.4 is 5.56 Å². The maximum absolute atomic E-state index is 12.9. The van der Waals surface area contributed by atoms with E-state index >= 15 is 0 Å². The lowest BCUT2D eigenvalue weighted by Crippen LogP contribution is -2.48. The van der Waals surface area contributed by atoms with Crippen molar-refractivity contribution in [2.24, 2.45) is 0 Å². The van der Waals surface area contributed by atoms with Crippen LogP contribution in [0.15, 0.2) is 47.4 Å². The van der Waals surface area contributed by atoms with Gasteiger partial charge in [0.2, 0.25) is 0 Å². The molecule has 1 aromatic heterocycles. The molecule has 1 aromatic carbocycles. The smallest absolute Gasteiger partial charge is 0.263 e. The van der Waals surface area contributed by atoms with Gasteiger partial charge in [0.25, 0.3) is 11.5 Å². The van der Waals surface area contributed by atoms with Gasteiger partial charge in [0.15, 0.2) is 5.79 Å². The summed E-state index contributed by atoms with van der Waals surface area (Å²) in [5.41, 5.74) is 2.15. The van der Waals surface area contributed by atoms with E-state index in [9.17, 15) is 9.59 Å². The lowest BCUT2D eigenvalue weighted by molar-refractivity contribution is -0.181. The van der Waals surface area contributed by atoms with Crippen molar-refractivity contribution in [3.05, 3.63) is 69.6 Å². The van der Waals surface area contributed by atoms with Crippen molar-refractivity contribution < 1.29 is 14.3 Å². The van der Waals surface area contributed by atoms with Gasteiger partial charge in [0.1, 0.15) is 5.56 Å². The number of hydrogen-bond donors (Lipinski definition) is 0. The van der Waals surface area contributed by atoms with Crippen molar-refractivity contribution in [2.75, 3.05) is 26.3 Å². The van der Waals surface area contributed by atoms with Crippen molar-refractivity contribution in [3.63, 3.8) is 0 Å². The van der Waals surface area contributed by atoms with Gasteiger partial charge in [0, 0.05) is 32.1 Å². The third-order valence-corrected chi connectivity index (χ3v) is 5.31. The Bertz CT molecular complexity index is 889. The summed E-state index contributed by atoms with van der Waals surface area (Å²) in [4.78, 5) is 27.5. The van der Waals surface area contributed by atoms with Gasteiger partial charge in [-0.3, -0.25) is 9.59 Å². The highest BCUT2D eigenvalue weighted by atomic mass is 16.7. The number of ether oxygens (including phenoxy) is 2. The van der Waals surface area contributed by atoms with Gasteiger partial charge in [-0.15, -0.1) is 0 Å². The molecule has 3 heterocycles. The van der Waals surface area contributed by atoms with Crippen LogP contribution >= 0.6 is 0 Å². The molecule has 2 aromatic rings. The number of rotatable bonds is 3. The Labute approximate surface area is 158 Å². The highest BCUT2D eigenvalue weighted by Crippen LogP contribution is 2.31. The van der Waals surface area contributed by atoms with Gasteiger partial charge in [-0.25, -0.2) is 0 Å². The van der Waals surface area contributed by atoms with Crippen LogP contribution in [-0.4, -0.2) is 47.5 Å². The predicted molar refractivity (Wildman–Crippen MR) is 101 cm³/mol. The predicted octanol–water partition coefficient (Wildman–Crippen LogP) is 2.18. The Morgan fingerprint density at radius 1 is 1.11 bits per heavy atom. The van der Waals surface area contributed by atoms with Crippen LogP contribution in [0.1, 0.15) is 34.3 Å². The van der Waals surface area contributed by atoms with Crippen molar-refractivity contribution >= 4 is 5.91 Å². The first-order valence-electron chi connectivity index (χ1n) is 9.39. The topological polar surface area (TPSA) is 60.8 Å². The molecule has 2 fully saturated rings. The number of amides is 1. The van der Waals surface area contributed by atoms with Gasteiger partial charge in [0.05, 0.1) is 19.8 Å². The van der Waals surface area contributed by atoms with Crippen LogP contribution in [0.4, 0.5) is 0 Å². The highest BCUT2D eigenvalue weighted by molar-refractivity contribution is 5.93. The van der Waals surface area contributed by atoms with E-state index in [4.69, 9.17) is 9.47 Å². The molecule has 4 rings (SSSR count). The third kappa shape index (κ3) is 3.68. The Morgan fingerprint density at radius 3 is 2.56 bits per heavy atom. The normalized spacial score (nSPS) is 18.8. The van der Waals surface area contributed by atoms with Gasteiger partial charge in [-0.1, -0.05) is 29.8 Å². The number of nitrogens with zero attached hydrogens (tertiary/aromatic N) is 2. The fraction of sp³-hybridized carbons (Fsp3) is 0.429. The number of piperidine rings is 1. The molecule has 6 heteroatoms. The largest absolute Gasteiger partial charge is 0.347 e. The minimum absolute atomic E-state index is 0.216. The molecule has 2 aliphatic rings. The molecular weight excluding hydrogens is 344 g/mol. The molecule has 0 unspecified atom stereocenters. The third-order valence-electron chi connectivity index (χ3n) is 5.31. The second-order valence-electron chi connectivity index (χ2n) is 7.24. The van der Waals surface area contributed by atoms with Gasteiger partial charge in [-0.2, -0.15) is 0 Å². The van der Waals surface area contributed by atoms with Crippen molar-refractivity contribution in [3.8, 4) is 0 Å². The second-order valence-corrected chi connectivity index (χ2v) is 7.24. The first-order valence-corrected chi connectivity index (χ1v) is 9.39. The number of carbonyl (C=O) groups excluding carboxylic acids is 1. The fourth-order valence-corrected chi connectivity index (χ4v) is 3.84. The van der Waals surface area contributed by atoms with Gasteiger partial charge < -0.3 is 18.9 Å². The summed E-state index contributed by atoms with van der Waals surface area (Å²) in [7, 11) is 0. The molecule has 0 saturated carbocycles. The number of carbonyl (C=O) groups is 1. The number of benzene rings is 1. The van der Waals surface area contributed by atoms with E-state index in [0.29, 0.717) is 45.7 Å². The number of aryl methyl sites for hydroxylation is 1. The molecule has 27 heavy (non-hydrogen) atoms. The Balaban J connectivity index is 1.50. The summed E-state index contributed by atoms with van der Waals surface area (Å²) >= 11 is 0. The highest BCUT2D eigenvalue weighted by Gasteiger charge is 2.41. The van der Waals surface area contributed by atoms with E-state index in [0.717, 1.165) is 11.1 Å². The fourth-order valence-electron chi connectivity index (χ4n) is 3.84. The van der Waals surface area contributed by atoms with Gasteiger partial charge in [-0.05, 0) is 24.6 Å². The van der Waals surface area contributed by atoms with Crippen LogP contribution in [0.2, 0.25) is 0 Å². The lowest BCUT2D eigenvalue weighted by atomic mass is 10.0. The first-order chi connectivity index (χ1) is 13.1. The van der Waals surface area contributed by atoms with E-state index in [1.165, 1.54) is 0 Å². The van der Waals surface area contributed by atoms with E-state index in [-0.39, 0.29) is 17.0 Å². The Kier molecular flexibility index (Phi) is 4.85. The molecule has 1 spiro atoms. The van der Waals surface area contributed by atoms with E-state index in [2.05, 4.69) is 0 Å². The zero-order valence-electron chi connectivity index (χ0n) is 15.5. The molecule has 0 radical (unpaired) electrons. The number of likely N-dealkylation sites (tertiary alicyclic amines) is 1. The van der Waals surface area contributed by atoms with E-state index in [1.807, 2.05) is 31.2 Å². The van der Waals surface area contributed by atoms with Crippen LogP contribution in [0.5, 0.6) is 0 Å². The quantitative estimate of drug-likeness (QED) is 0.833. The molecule has 2 aliphatic heterocycles. The first kappa shape index (κ1) is 17.9. The molecule has 0 aliphatic carbocycles. The molecule has 6 nitrogen and oxygen atoms in total. The summed E-state index contributed by atoms with van der Waals surface area (Å²) < 4.78 is 13.0. The Morgan fingerprint density at radius 2 is 1.85 bits per heavy atom. The van der Waals surface area contributed by atoms with Crippen molar-refractivity contribution in [2.45, 2.75) is 32.1 Å². The molecule has 0 atom stereocenters. The monoisotopic (exact) mass is 368 g/mol. The van der Waals surface area contributed by atoms with Gasteiger partial charge >= 0.3 is 0 Å². The zero-order valence-corrected chi connectivity index (χ0v) is 15.5. The average molecular weight is 368 g/mol. The molecule has 142 valence electrons. The van der Waals surface area contributed by atoms with Crippen LogP contribution in [0.3, 0.4) is 0 Å². The molecule has 1 amide bonds. The van der Waals surface area contributed by atoms with E-state index < -0.39 is 5.79 Å². The van der Waals surface area contributed by atoms with Crippen molar-refractivity contribution in [1.29, 1.82) is 0 Å². The molecule has 0 bridgehead atoms.